The first-order chi connectivity index (χ1) is 18.4. The zero-order valence-electron chi connectivity index (χ0n) is 20.7. The zero-order chi connectivity index (χ0) is 25.9. The van der Waals surface area contributed by atoms with Crippen molar-refractivity contribution in [2.75, 3.05) is 6.61 Å². The van der Waals surface area contributed by atoms with Gasteiger partial charge in [0.05, 0.1) is 26.9 Å². The van der Waals surface area contributed by atoms with Gasteiger partial charge in [0.25, 0.3) is 5.19 Å². The van der Waals surface area contributed by atoms with Crippen LogP contribution in [-0.4, -0.2) is 21.7 Å². The zero-order valence-corrected chi connectivity index (χ0v) is 23.0. The standard InChI is InChI=1S/C29H26Cl2FN3O2S/c30-20-14-33-15-21(31)24(20)25-19(26(37-35-25)17-1-2-17)5-6-28-7-10-29(11-8-28,12-9-28)16-36-27-34-22-13-18(32)3-4-23(22)38-27/h3-6,13-15,17H,1-2,7-12,16H2/b6-5+. The van der Waals surface area contributed by atoms with Crippen LogP contribution in [0, 0.1) is 16.6 Å². The Balaban J connectivity index is 1.08. The van der Waals surface area contributed by atoms with Gasteiger partial charge in [-0.3, -0.25) is 4.98 Å². The normalized spacial score (nSPS) is 25.0. The smallest absolute Gasteiger partial charge is 0.274 e. The van der Waals surface area contributed by atoms with Gasteiger partial charge in [0.1, 0.15) is 17.3 Å². The van der Waals surface area contributed by atoms with E-state index in [0.717, 1.165) is 67.4 Å². The quantitative estimate of drug-likeness (QED) is 0.222. The molecule has 0 amide bonds. The van der Waals surface area contributed by atoms with Gasteiger partial charge in [0, 0.05) is 40.9 Å². The highest BCUT2D eigenvalue weighted by atomic mass is 35.5. The van der Waals surface area contributed by atoms with Crippen LogP contribution in [-0.2, 0) is 0 Å². The fourth-order valence-electron chi connectivity index (χ4n) is 6.10. The Bertz CT molecular complexity index is 1520. The molecular formula is C29H26Cl2FN3O2S. The van der Waals surface area contributed by atoms with E-state index in [0.29, 0.717) is 44.5 Å². The lowest BCUT2D eigenvalue weighted by Gasteiger charge is -2.52. The molecule has 3 heterocycles. The summed E-state index contributed by atoms with van der Waals surface area (Å²) in [6, 6.07) is 4.70. The Morgan fingerprint density at radius 1 is 1.08 bits per heavy atom. The van der Waals surface area contributed by atoms with Crippen LogP contribution in [0.15, 0.2) is 41.2 Å². The van der Waals surface area contributed by atoms with Crippen LogP contribution < -0.4 is 4.74 Å². The molecule has 0 spiro atoms. The van der Waals surface area contributed by atoms with Crippen molar-refractivity contribution in [3.05, 3.63) is 63.9 Å². The number of hydrogen-bond acceptors (Lipinski definition) is 6. The molecule has 1 aromatic carbocycles. The Hall–Kier alpha value is -2.48. The van der Waals surface area contributed by atoms with E-state index in [4.69, 9.17) is 32.5 Å². The molecule has 4 aliphatic carbocycles. The third kappa shape index (κ3) is 4.42. The SMILES string of the molecule is Fc1ccc2sc(OCC34CCC(/C=C/c5c(-c6c(Cl)cncc6Cl)noc5C5CC5)(CC3)CC4)nc2c1. The lowest BCUT2D eigenvalue weighted by atomic mass is 9.54. The second-order valence-corrected chi connectivity index (χ2v) is 12.9. The van der Waals surface area contributed by atoms with Crippen LogP contribution in [0.2, 0.25) is 10.0 Å². The van der Waals surface area contributed by atoms with Crippen LogP contribution in [0.5, 0.6) is 5.19 Å². The number of pyridine rings is 1. The molecule has 3 aromatic heterocycles. The molecule has 4 aromatic rings. The second kappa shape index (κ2) is 9.32. The number of rotatable bonds is 7. The van der Waals surface area contributed by atoms with E-state index in [2.05, 4.69) is 27.3 Å². The van der Waals surface area contributed by atoms with Crippen molar-refractivity contribution in [1.29, 1.82) is 0 Å². The van der Waals surface area contributed by atoms with E-state index in [-0.39, 0.29) is 16.6 Å². The van der Waals surface area contributed by atoms with Gasteiger partial charge < -0.3 is 9.26 Å². The minimum absolute atomic E-state index is 0.163. The number of benzene rings is 1. The first kappa shape index (κ1) is 24.6. The van der Waals surface area contributed by atoms with Gasteiger partial charge in [0.2, 0.25) is 0 Å². The number of thiazole rings is 1. The monoisotopic (exact) mass is 569 g/mol. The van der Waals surface area contributed by atoms with Gasteiger partial charge in [-0.15, -0.1) is 0 Å². The predicted molar refractivity (Wildman–Crippen MR) is 148 cm³/mol. The second-order valence-electron chi connectivity index (χ2n) is 11.1. The van der Waals surface area contributed by atoms with Crippen molar-refractivity contribution in [2.45, 2.75) is 57.3 Å². The van der Waals surface area contributed by atoms with Crippen molar-refractivity contribution in [3.63, 3.8) is 0 Å². The molecule has 0 radical (unpaired) electrons. The summed E-state index contributed by atoms with van der Waals surface area (Å²) in [6.45, 7) is 0.662. The molecule has 2 bridgehead atoms. The summed E-state index contributed by atoms with van der Waals surface area (Å²) >= 11 is 14.5. The van der Waals surface area contributed by atoms with Gasteiger partial charge in [0.15, 0.2) is 0 Å². The summed E-state index contributed by atoms with van der Waals surface area (Å²) in [7, 11) is 0. The average molecular weight is 571 g/mol. The van der Waals surface area contributed by atoms with E-state index in [9.17, 15) is 4.39 Å². The fraction of sp³-hybridized carbons (Fsp3) is 0.414. The summed E-state index contributed by atoms with van der Waals surface area (Å²) < 4.78 is 26.5. The summed E-state index contributed by atoms with van der Waals surface area (Å²) in [5.74, 6) is 1.07. The molecule has 0 N–H and O–H groups in total. The van der Waals surface area contributed by atoms with Crippen LogP contribution in [0.25, 0.3) is 27.6 Å². The van der Waals surface area contributed by atoms with E-state index >= 15 is 0 Å². The highest BCUT2D eigenvalue weighted by Gasteiger charge is 2.48. The molecule has 8 rings (SSSR count). The molecule has 4 aliphatic rings. The van der Waals surface area contributed by atoms with Crippen molar-refractivity contribution < 1.29 is 13.7 Å². The average Bonchev–Trinajstić information content (AvgIpc) is 3.56. The lowest BCUT2D eigenvalue weighted by Crippen LogP contribution is -2.43. The Morgan fingerprint density at radius 2 is 1.82 bits per heavy atom. The minimum Gasteiger partial charge on any atom is -0.469 e. The Morgan fingerprint density at radius 3 is 2.53 bits per heavy atom. The fourth-order valence-corrected chi connectivity index (χ4v) is 7.44. The maximum atomic E-state index is 13.5. The molecule has 0 saturated heterocycles. The summed E-state index contributed by atoms with van der Waals surface area (Å²) in [5, 5.41) is 5.98. The Kier molecular flexibility index (Phi) is 6.02. The molecule has 38 heavy (non-hydrogen) atoms. The highest BCUT2D eigenvalue weighted by molar-refractivity contribution is 7.20. The predicted octanol–water partition coefficient (Wildman–Crippen LogP) is 9.10. The van der Waals surface area contributed by atoms with Crippen LogP contribution in [0.1, 0.15) is 68.6 Å². The van der Waals surface area contributed by atoms with E-state index < -0.39 is 0 Å². The van der Waals surface area contributed by atoms with E-state index in [1.54, 1.807) is 18.5 Å². The molecule has 0 atom stereocenters. The molecule has 0 unspecified atom stereocenters. The maximum absolute atomic E-state index is 13.5. The largest absolute Gasteiger partial charge is 0.469 e. The molecular weight excluding hydrogens is 544 g/mol. The summed E-state index contributed by atoms with van der Waals surface area (Å²) in [4.78, 5) is 8.58. The number of fused-ring (bicyclic) bond motifs is 4. The van der Waals surface area contributed by atoms with Gasteiger partial charge in [-0.05, 0) is 68.9 Å². The number of halogens is 3. The number of aromatic nitrogens is 3. The first-order valence-electron chi connectivity index (χ1n) is 13.1. The van der Waals surface area contributed by atoms with Gasteiger partial charge in [-0.2, -0.15) is 0 Å². The number of allylic oxidation sites excluding steroid dienone is 1. The summed E-state index contributed by atoms with van der Waals surface area (Å²) in [5.41, 5.74) is 3.37. The molecule has 9 heteroatoms. The van der Waals surface area contributed by atoms with Gasteiger partial charge >= 0.3 is 0 Å². The third-order valence-corrected chi connectivity index (χ3v) is 10.2. The van der Waals surface area contributed by atoms with E-state index in [1.165, 1.54) is 23.5 Å². The number of ether oxygens (including phenoxy) is 1. The van der Waals surface area contributed by atoms with Crippen molar-refractivity contribution >= 4 is 50.8 Å². The number of nitrogens with zero attached hydrogens (tertiary/aromatic N) is 3. The topological polar surface area (TPSA) is 61.0 Å². The molecule has 5 nitrogen and oxygen atoms in total. The molecule has 196 valence electrons. The van der Waals surface area contributed by atoms with Crippen LogP contribution in [0.3, 0.4) is 0 Å². The maximum Gasteiger partial charge on any atom is 0.274 e. The lowest BCUT2D eigenvalue weighted by molar-refractivity contribution is -0.0122. The van der Waals surface area contributed by atoms with Crippen molar-refractivity contribution in [3.8, 4) is 16.5 Å². The molecule has 4 saturated carbocycles. The molecule has 4 fully saturated rings. The Labute approximate surface area is 234 Å². The van der Waals surface area contributed by atoms with E-state index in [1.807, 2.05) is 0 Å². The highest BCUT2D eigenvalue weighted by Crippen LogP contribution is 2.58. The summed E-state index contributed by atoms with van der Waals surface area (Å²) in [6.07, 6.45) is 16.7. The third-order valence-electron chi connectivity index (χ3n) is 8.69. The van der Waals surface area contributed by atoms with Gasteiger partial charge in [-0.25, -0.2) is 9.37 Å². The minimum atomic E-state index is -0.272. The first-order valence-corrected chi connectivity index (χ1v) is 14.7. The van der Waals surface area contributed by atoms with Crippen LogP contribution in [0.4, 0.5) is 4.39 Å². The van der Waals surface area contributed by atoms with Gasteiger partial charge in [-0.1, -0.05) is 51.8 Å². The number of hydrogen-bond donors (Lipinski definition) is 0. The van der Waals surface area contributed by atoms with Crippen molar-refractivity contribution in [1.82, 2.24) is 15.1 Å². The molecule has 0 aliphatic heterocycles. The van der Waals surface area contributed by atoms with Crippen molar-refractivity contribution in [2.24, 2.45) is 10.8 Å². The van der Waals surface area contributed by atoms with Crippen LogP contribution >= 0.6 is 34.5 Å².